The number of fused-ring (bicyclic) bond motifs is 1. The largest absolute Gasteiger partial charge is 0.455 e. The van der Waals surface area contributed by atoms with Crippen LogP contribution in [0, 0.1) is 17.2 Å². The van der Waals surface area contributed by atoms with Crippen LogP contribution in [0.3, 0.4) is 0 Å². The summed E-state index contributed by atoms with van der Waals surface area (Å²) in [5.74, 6) is -0.964. The Bertz CT molecular complexity index is 1270. The van der Waals surface area contributed by atoms with Crippen LogP contribution in [-0.4, -0.2) is 38.4 Å². The molecule has 1 amide bonds. The molecule has 0 bridgehead atoms. The average molecular weight is 467 g/mol. The molecule has 0 atom stereocenters. The van der Waals surface area contributed by atoms with Crippen molar-refractivity contribution in [3.63, 3.8) is 0 Å². The van der Waals surface area contributed by atoms with Gasteiger partial charge in [0, 0.05) is 19.0 Å². The van der Waals surface area contributed by atoms with Crippen molar-refractivity contribution >= 4 is 27.7 Å². The number of carbonyl (C=O) groups excluding carboxylic acids is 2. The van der Waals surface area contributed by atoms with Crippen molar-refractivity contribution in [2.45, 2.75) is 37.0 Å². The molecule has 2 aromatic rings. The normalized spacial score (nSPS) is 19.4. The molecule has 1 aliphatic carbocycles. The smallest absolute Gasteiger partial charge is 0.340 e. The highest BCUT2D eigenvalue weighted by Gasteiger charge is 2.56. The zero-order valence-corrected chi connectivity index (χ0v) is 18.6. The highest BCUT2D eigenvalue weighted by atomic mass is 32.2. The van der Waals surface area contributed by atoms with Gasteiger partial charge in [0.05, 0.1) is 16.8 Å². The predicted molar refractivity (Wildman–Crippen MR) is 117 cm³/mol. The third-order valence-corrected chi connectivity index (χ3v) is 8.82. The van der Waals surface area contributed by atoms with E-state index in [9.17, 15) is 23.3 Å². The molecule has 0 unspecified atom stereocenters. The molecule has 1 saturated carbocycles. The molecule has 0 radical (unpaired) electrons. The van der Waals surface area contributed by atoms with Gasteiger partial charge in [-0.25, -0.2) is 18.2 Å². The van der Waals surface area contributed by atoms with Gasteiger partial charge in [0.1, 0.15) is 23.2 Å². The summed E-state index contributed by atoms with van der Waals surface area (Å²) in [6.45, 7) is 0.960. The van der Waals surface area contributed by atoms with Crippen molar-refractivity contribution < 1.29 is 22.7 Å². The number of rotatable bonds is 5. The summed E-state index contributed by atoms with van der Waals surface area (Å²) in [5.41, 5.74) is 1.78. The number of hydrogen-bond donors (Lipinski definition) is 1. The molecule has 33 heavy (non-hydrogen) atoms. The average Bonchev–Trinajstić information content (AvgIpc) is 3.58. The van der Waals surface area contributed by atoms with Gasteiger partial charge in [0.15, 0.2) is 0 Å². The minimum Gasteiger partial charge on any atom is -0.455 e. The number of aromatic nitrogens is 1. The number of nitrogens with one attached hydrogen (secondary N) is 1. The monoisotopic (exact) mass is 466 g/mol. The highest BCUT2D eigenvalue weighted by molar-refractivity contribution is 7.91. The zero-order valence-electron chi connectivity index (χ0n) is 17.8. The number of amides is 1. The second-order valence-corrected chi connectivity index (χ2v) is 10.6. The fourth-order valence-electron chi connectivity index (χ4n) is 4.60. The summed E-state index contributed by atoms with van der Waals surface area (Å²) in [5, 5.41) is 9.51. The number of cyclic esters (lactones) is 1. The van der Waals surface area contributed by atoms with Crippen LogP contribution in [0.1, 0.15) is 52.9 Å². The molecule has 1 N–H and O–H groups in total. The number of nitrogens with zero attached hydrogens (tertiary/aromatic N) is 3. The van der Waals surface area contributed by atoms with Gasteiger partial charge in [-0.15, -0.1) is 0 Å². The molecule has 2 fully saturated rings. The number of nitriles is 1. The van der Waals surface area contributed by atoms with Crippen LogP contribution in [0.25, 0.3) is 0 Å². The molecule has 1 aromatic carbocycles. The Kier molecular flexibility index (Phi) is 5.09. The Morgan fingerprint density at radius 1 is 1.21 bits per heavy atom. The predicted octanol–water partition coefficient (Wildman–Crippen LogP) is 1.98. The maximum absolute atomic E-state index is 13.0. The van der Waals surface area contributed by atoms with Crippen LogP contribution in [0.4, 0.5) is 5.82 Å². The molecule has 1 saturated heterocycles. The van der Waals surface area contributed by atoms with E-state index in [-0.39, 0.29) is 12.2 Å². The first-order valence-electron chi connectivity index (χ1n) is 10.8. The topological polar surface area (TPSA) is 129 Å². The van der Waals surface area contributed by atoms with Crippen LogP contribution in [-0.2, 0) is 30.9 Å². The number of ether oxygens (including phenoxy) is 1. The number of sulfonamides is 1. The Morgan fingerprint density at radius 3 is 2.55 bits per heavy atom. The van der Waals surface area contributed by atoms with Crippen molar-refractivity contribution in [3.05, 3.63) is 58.8 Å². The van der Waals surface area contributed by atoms with Crippen LogP contribution in [0.2, 0.25) is 0 Å². The van der Waals surface area contributed by atoms with E-state index in [2.05, 4.69) is 15.8 Å². The number of piperidine rings is 1. The SMILES string of the molecule is N#Cc1cc2c(nc1N1CCC(C(=O)NS(=O)(=O)C3(c4ccccc4)CC3)CC1)COC2=O. The molecular formula is C23H22N4O5S. The lowest BCUT2D eigenvalue weighted by Gasteiger charge is -2.33. The van der Waals surface area contributed by atoms with Crippen LogP contribution in [0.15, 0.2) is 36.4 Å². The summed E-state index contributed by atoms with van der Waals surface area (Å²) in [7, 11) is -3.85. The minimum absolute atomic E-state index is 0.0762. The van der Waals surface area contributed by atoms with Crippen molar-refractivity contribution in [1.82, 2.24) is 9.71 Å². The van der Waals surface area contributed by atoms with E-state index in [1.54, 1.807) is 24.3 Å². The first kappa shape index (κ1) is 21.4. The van der Waals surface area contributed by atoms with Gasteiger partial charge in [-0.05, 0) is 37.3 Å². The van der Waals surface area contributed by atoms with Gasteiger partial charge in [-0.2, -0.15) is 5.26 Å². The van der Waals surface area contributed by atoms with Crippen molar-refractivity contribution in [3.8, 4) is 6.07 Å². The fraction of sp³-hybridized carbons (Fsp3) is 0.391. The van der Waals surface area contributed by atoms with Crippen molar-refractivity contribution in [1.29, 1.82) is 5.26 Å². The molecule has 170 valence electrons. The van der Waals surface area contributed by atoms with Crippen LogP contribution < -0.4 is 9.62 Å². The molecule has 9 nitrogen and oxygen atoms in total. The Balaban J connectivity index is 1.26. The van der Waals surface area contributed by atoms with Crippen molar-refractivity contribution in [2.75, 3.05) is 18.0 Å². The number of pyridine rings is 1. The Morgan fingerprint density at radius 2 is 1.91 bits per heavy atom. The van der Waals surface area contributed by atoms with Gasteiger partial charge in [0.25, 0.3) is 0 Å². The van der Waals surface area contributed by atoms with Gasteiger partial charge < -0.3 is 9.64 Å². The van der Waals surface area contributed by atoms with Crippen LogP contribution >= 0.6 is 0 Å². The van der Waals surface area contributed by atoms with Crippen molar-refractivity contribution in [2.24, 2.45) is 5.92 Å². The van der Waals surface area contributed by atoms with Gasteiger partial charge in [-0.1, -0.05) is 30.3 Å². The molecule has 3 heterocycles. The number of anilines is 1. The lowest BCUT2D eigenvalue weighted by atomic mass is 9.96. The molecule has 3 aliphatic rings. The maximum atomic E-state index is 13.0. The lowest BCUT2D eigenvalue weighted by Crippen LogP contribution is -2.45. The van der Waals surface area contributed by atoms with Gasteiger partial charge >= 0.3 is 5.97 Å². The first-order valence-corrected chi connectivity index (χ1v) is 12.3. The van der Waals surface area contributed by atoms with E-state index in [0.717, 1.165) is 0 Å². The number of esters is 1. The van der Waals surface area contributed by atoms with Gasteiger partial charge in [-0.3, -0.25) is 9.52 Å². The molecule has 5 rings (SSSR count). The Labute approximate surface area is 191 Å². The van der Waals surface area contributed by atoms with E-state index < -0.39 is 32.6 Å². The van der Waals surface area contributed by atoms with Gasteiger partial charge in [0.2, 0.25) is 15.9 Å². The standard InChI is InChI=1S/C23H22N4O5S/c24-13-16-12-18-19(14-32-22(18)29)25-20(16)27-10-6-15(7-11-27)21(28)26-33(30,31)23(8-9-23)17-4-2-1-3-5-17/h1-5,12,15H,6-11,14H2,(H,26,28). The Hall–Kier alpha value is -3.45. The molecular weight excluding hydrogens is 444 g/mol. The second kappa shape index (κ2) is 7.85. The molecule has 0 spiro atoms. The zero-order chi connectivity index (χ0) is 23.2. The third kappa shape index (κ3) is 3.62. The number of carbonyl (C=O) groups is 2. The van der Waals surface area contributed by atoms with E-state index >= 15 is 0 Å². The van der Waals surface area contributed by atoms with E-state index in [4.69, 9.17) is 4.74 Å². The lowest BCUT2D eigenvalue weighted by molar-refractivity contribution is -0.123. The number of hydrogen-bond acceptors (Lipinski definition) is 8. The summed E-state index contributed by atoms with van der Waals surface area (Å²) < 4.78 is 32.4. The first-order chi connectivity index (χ1) is 15.8. The minimum atomic E-state index is -3.85. The number of benzene rings is 1. The summed E-state index contributed by atoms with van der Waals surface area (Å²) in [6, 6.07) is 12.6. The summed E-state index contributed by atoms with van der Waals surface area (Å²) >= 11 is 0. The molecule has 10 heteroatoms. The second-order valence-electron chi connectivity index (χ2n) is 8.63. The summed E-state index contributed by atoms with van der Waals surface area (Å²) in [4.78, 5) is 30.9. The third-order valence-electron chi connectivity index (χ3n) is 6.68. The van der Waals surface area contributed by atoms with E-state index in [1.807, 2.05) is 11.0 Å². The van der Waals surface area contributed by atoms with E-state index in [0.29, 0.717) is 61.4 Å². The fourth-order valence-corrected chi connectivity index (χ4v) is 6.31. The summed E-state index contributed by atoms with van der Waals surface area (Å²) in [6.07, 6.45) is 1.84. The highest BCUT2D eigenvalue weighted by Crippen LogP contribution is 2.52. The van der Waals surface area contributed by atoms with E-state index in [1.165, 1.54) is 6.07 Å². The molecule has 1 aromatic heterocycles. The quantitative estimate of drug-likeness (QED) is 0.662. The van der Waals surface area contributed by atoms with Crippen LogP contribution in [0.5, 0.6) is 0 Å². The molecule has 2 aliphatic heterocycles. The maximum Gasteiger partial charge on any atom is 0.340 e.